The van der Waals surface area contributed by atoms with E-state index in [4.69, 9.17) is 9.97 Å². The first-order valence-corrected chi connectivity index (χ1v) is 14.9. The number of fused-ring (bicyclic) bond motifs is 2. The summed E-state index contributed by atoms with van der Waals surface area (Å²) in [6.45, 7) is 0. The van der Waals surface area contributed by atoms with Crippen molar-refractivity contribution in [2.45, 2.75) is 0 Å². The predicted octanol–water partition coefficient (Wildman–Crippen LogP) is 9.52. The van der Waals surface area contributed by atoms with Crippen LogP contribution in [0, 0.1) is 22.7 Å². The quantitative estimate of drug-likeness (QED) is 0.209. The molecule has 0 unspecified atom stereocenters. The van der Waals surface area contributed by atoms with Crippen molar-refractivity contribution in [1.82, 2.24) is 19.9 Å². The van der Waals surface area contributed by atoms with Gasteiger partial charge in [-0.3, -0.25) is 0 Å². The maximum absolute atomic E-state index is 10.6. The lowest BCUT2D eigenvalue weighted by Crippen LogP contribution is -2.01. The maximum Gasteiger partial charge on any atom is 0.102 e. The highest BCUT2D eigenvalue weighted by Gasteiger charge is 2.23. The smallest absolute Gasteiger partial charge is 0.102 e. The van der Waals surface area contributed by atoms with Gasteiger partial charge >= 0.3 is 0 Å². The molecular weight excluding hydrogens is 564 g/mol. The summed E-state index contributed by atoms with van der Waals surface area (Å²) in [5.41, 5.74) is 10.2. The first-order chi connectivity index (χ1) is 22.7. The fourth-order valence-corrected chi connectivity index (χ4v) is 6.19. The van der Waals surface area contributed by atoms with Crippen LogP contribution < -0.4 is 0 Å². The van der Waals surface area contributed by atoms with Crippen molar-refractivity contribution in [1.29, 1.82) is 10.5 Å². The number of aromatic nitrogens is 4. The molecule has 4 aromatic carbocycles. The monoisotopic (exact) mass is 588 g/mol. The Balaban J connectivity index is 1.46. The molecule has 0 radical (unpaired) electrons. The Bertz CT molecular complexity index is 2320. The van der Waals surface area contributed by atoms with Gasteiger partial charge in [-0.25, -0.2) is 9.97 Å². The van der Waals surface area contributed by atoms with E-state index < -0.39 is 0 Å². The molecule has 0 amide bonds. The Morgan fingerprint density at radius 1 is 0.457 bits per heavy atom. The van der Waals surface area contributed by atoms with Gasteiger partial charge in [0, 0.05) is 56.5 Å². The zero-order valence-electron chi connectivity index (χ0n) is 24.5. The molecule has 0 fully saturated rings. The number of nitrogens with zero attached hydrogens (tertiary/aromatic N) is 4. The molecule has 46 heavy (non-hydrogen) atoms. The minimum atomic E-state index is 0.480. The minimum absolute atomic E-state index is 0.480. The van der Waals surface area contributed by atoms with E-state index in [-0.39, 0.29) is 0 Å². The summed E-state index contributed by atoms with van der Waals surface area (Å²) >= 11 is 0. The van der Waals surface area contributed by atoms with Gasteiger partial charge in [0.05, 0.1) is 33.9 Å². The van der Waals surface area contributed by atoms with Crippen LogP contribution in [0.25, 0.3) is 78.0 Å². The van der Waals surface area contributed by atoms with Gasteiger partial charge in [-0.15, -0.1) is 0 Å². The van der Waals surface area contributed by atoms with Gasteiger partial charge in [0.25, 0.3) is 0 Å². The van der Waals surface area contributed by atoms with Gasteiger partial charge in [0.2, 0.25) is 0 Å². The van der Waals surface area contributed by atoms with Crippen molar-refractivity contribution >= 4 is 21.8 Å². The molecular formula is C40H24N6. The Kier molecular flexibility index (Phi) is 6.45. The Morgan fingerprint density at radius 3 is 1.26 bits per heavy atom. The van der Waals surface area contributed by atoms with Crippen LogP contribution in [0.3, 0.4) is 0 Å². The summed E-state index contributed by atoms with van der Waals surface area (Å²) in [5, 5.41) is 23.1. The fourth-order valence-electron chi connectivity index (χ4n) is 6.19. The molecule has 214 valence electrons. The zero-order chi connectivity index (χ0) is 31.0. The minimum Gasteiger partial charge on any atom is -0.360 e. The van der Waals surface area contributed by atoms with E-state index >= 15 is 0 Å². The molecule has 8 aromatic rings. The lowest BCUT2D eigenvalue weighted by molar-refractivity contribution is 1.23. The third-order valence-electron chi connectivity index (χ3n) is 8.38. The first kappa shape index (κ1) is 26.8. The number of para-hydroxylation sites is 2. The van der Waals surface area contributed by atoms with Gasteiger partial charge < -0.3 is 9.97 Å². The van der Waals surface area contributed by atoms with Crippen LogP contribution in [0.4, 0.5) is 0 Å². The third-order valence-corrected chi connectivity index (χ3v) is 8.38. The molecule has 0 aliphatic carbocycles. The van der Waals surface area contributed by atoms with Gasteiger partial charge in [-0.2, -0.15) is 10.5 Å². The number of nitriles is 2. The molecule has 4 heterocycles. The van der Waals surface area contributed by atoms with Crippen LogP contribution in [0.2, 0.25) is 0 Å². The lowest BCUT2D eigenvalue weighted by atomic mass is 9.93. The summed E-state index contributed by atoms with van der Waals surface area (Å²) in [7, 11) is 0. The van der Waals surface area contributed by atoms with Crippen molar-refractivity contribution in [3.63, 3.8) is 0 Å². The summed E-state index contributed by atoms with van der Waals surface area (Å²) in [6, 6.07) is 44.6. The summed E-state index contributed by atoms with van der Waals surface area (Å²) in [5.74, 6) is 0. The number of H-pyrrole nitrogens is 2. The maximum atomic E-state index is 10.6. The molecule has 4 aromatic heterocycles. The van der Waals surface area contributed by atoms with Crippen LogP contribution in [0.1, 0.15) is 11.1 Å². The van der Waals surface area contributed by atoms with Crippen LogP contribution in [-0.2, 0) is 0 Å². The average molecular weight is 589 g/mol. The lowest BCUT2D eigenvalue weighted by Gasteiger charge is -2.15. The van der Waals surface area contributed by atoms with E-state index in [9.17, 15) is 10.5 Å². The van der Waals surface area contributed by atoms with E-state index in [1.54, 1.807) is 0 Å². The van der Waals surface area contributed by atoms with E-state index in [2.05, 4.69) is 22.1 Å². The largest absolute Gasteiger partial charge is 0.360 e. The van der Waals surface area contributed by atoms with Crippen molar-refractivity contribution in [2.75, 3.05) is 0 Å². The predicted molar refractivity (Wildman–Crippen MR) is 182 cm³/mol. The SMILES string of the molecule is N#Cc1c(-c2ccccc2)cc(-c2cc(-c3ccccc3)c(C#N)c(-c3c[nH]c4ccccc34)n2)nc1-c1c[nH]c2ccccc12. The van der Waals surface area contributed by atoms with Crippen molar-refractivity contribution in [3.8, 4) is 68.3 Å². The van der Waals surface area contributed by atoms with Crippen LogP contribution >= 0.6 is 0 Å². The normalized spacial score (nSPS) is 11.0. The number of hydrogen-bond donors (Lipinski definition) is 2. The zero-order valence-corrected chi connectivity index (χ0v) is 24.5. The second kappa shape index (κ2) is 11.1. The van der Waals surface area contributed by atoms with Crippen molar-refractivity contribution in [2.24, 2.45) is 0 Å². The Hall–Kier alpha value is -6.76. The van der Waals surface area contributed by atoms with Gasteiger partial charge in [0.1, 0.15) is 12.1 Å². The Morgan fingerprint density at radius 2 is 0.848 bits per heavy atom. The molecule has 0 saturated heterocycles. The highest BCUT2D eigenvalue weighted by Crippen LogP contribution is 2.40. The molecule has 8 rings (SSSR count). The first-order valence-electron chi connectivity index (χ1n) is 14.9. The Labute approximate surface area is 264 Å². The van der Waals surface area contributed by atoms with E-state index in [1.165, 1.54) is 0 Å². The van der Waals surface area contributed by atoms with Gasteiger partial charge in [-0.1, -0.05) is 97.1 Å². The molecule has 2 N–H and O–H groups in total. The third kappa shape index (κ3) is 4.42. The molecule has 0 atom stereocenters. The number of benzene rings is 4. The highest BCUT2D eigenvalue weighted by atomic mass is 14.8. The van der Waals surface area contributed by atoms with E-state index in [0.29, 0.717) is 33.9 Å². The number of pyridine rings is 2. The second-order valence-electron chi connectivity index (χ2n) is 11.0. The number of rotatable bonds is 5. The van der Waals surface area contributed by atoms with Gasteiger partial charge in [0.15, 0.2) is 0 Å². The average Bonchev–Trinajstić information content (AvgIpc) is 3.76. The summed E-state index contributed by atoms with van der Waals surface area (Å²) < 4.78 is 0. The molecule has 0 spiro atoms. The van der Waals surface area contributed by atoms with Crippen LogP contribution in [0.15, 0.2) is 134 Å². The molecule has 0 aliphatic rings. The van der Waals surface area contributed by atoms with Crippen molar-refractivity contribution < 1.29 is 0 Å². The molecule has 0 aliphatic heterocycles. The van der Waals surface area contributed by atoms with E-state index in [0.717, 1.165) is 55.2 Å². The highest BCUT2D eigenvalue weighted by molar-refractivity contribution is 5.99. The van der Waals surface area contributed by atoms with Crippen molar-refractivity contribution in [3.05, 3.63) is 145 Å². The topological polar surface area (TPSA) is 105 Å². The standard InChI is InChI=1S/C40H24N6/c41-21-31-29(25-11-3-1-4-12-25)19-37(45-39(31)33-23-43-35-17-9-7-15-27(33)35)38-20-30(26-13-5-2-6-14-26)32(22-42)40(46-38)34-24-44-36-18-10-8-16-28(34)36/h1-20,23-24,43-44H. The molecule has 6 nitrogen and oxygen atoms in total. The summed E-state index contributed by atoms with van der Waals surface area (Å²) in [4.78, 5) is 17.0. The van der Waals surface area contributed by atoms with Gasteiger partial charge in [-0.05, 0) is 35.4 Å². The van der Waals surface area contributed by atoms with E-state index in [1.807, 2.05) is 134 Å². The van der Waals surface area contributed by atoms with Crippen LogP contribution in [-0.4, -0.2) is 19.9 Å². The number of nitrogens with one attached hydrogen (secondary N) is 2. The fraction of sp³-hybridized carbons (Fsp3) is 0. The molecule has 0 saturated carbocycles. The number of aromatic amines is 2. The summed E-state index contributed by atoms with van der Waals surface area (Å²) in [6.07, 6.45) is 3.82. The van der Waals surface area contributed by atoms with Crippen LogP contribution in [0.5, 0.6) is 0 Å². The molecule has 0 bridgehead atoms. The second-order valence-corrected chi connectivity index (χ2v) is 11.0. The number of hydrogen-bond acceptors (Lipinski definition) is 4. The molecule has 6 heteroatoms.